The Labute approximate surface area is 122 Å². The van der Waals surface area contributed by atoms with Crippen LogP contribution in [-0.4, -0.2) is 43.4 Å². The average Bonchev–Trinajstić information content (AvgIpc) is 2.76. The largest absolute Gasteiger partial charge is 0.438 e. The number of aliphatic hydroxyl groups is 1. The first-order valence-corrected chi connectivity index (χ1v) is 6.23. The summed E-state index contributed by atoms with van der Waals surface area (Å²) in [4.78, 5) is 12.3. The highest BCUT2D eigenvalue weighted by Gasteiger charge is 2.63. The van der Waals surface area contributed by atoms with E-state index in [1.165, 1.54) is 20.9 Å². The number of halogens is 4. The van der Waals surface area contributed by atoms with Gasteiger partial charge in [0.15, 0.2) is 0 Å². The first-order valence-electron chi connectivity index (χ1n) is 5.86. The average molecular weight is 325 g/mol. The number of alkyl halides is 3. The summed E-state index contributed by atoms with van der Waals surface area (Å²) in [6, 6.07) is 0. The van der Waals surface area contributed by atoms with Crippen LogP contribution in [0.2, 0.25) is 5.02 Å². The molecular formula is C11H12ClF3N4O2. The molecule has 1 atom stereocenters. The molecule has 0 aliphatic carbocycles. The van der Waals surface area contributed by atoms with Crippen molar-refractivity contribution in [3.8, 4) is 0 Å². The van der Waals surface area contributed by atoms with E-state index in [9.17, 15) is 23.1 Å². The molecule has 1 aliphatic heterocycles. The minimum atomic E-state index is -5.05. The van der Waals surface area contributed by atoms with Gasteiger partial charge in [-0.15, -0.1) is 0 Å². The smallest absolute Gasteiger partial charge is 0.362 e. The van der Waals surface area contributed by atoms with E-state index in [1.54, 1.807) is 0 Å². The van der Waals surface area contributed by atoms with Crippen LogP contribution in [0.1, 0.15) is 29.5 Å². The normalized spacial score (nSPS) is 22.7. The Bertz CT molecular complexity index is 640. The summed E-state index contributed by atoms with van der Waals surface area (Å²) in [6.45, 7) is 2.80. The predicted molar refractivity (Wildman–Crippen MR) is 67.9 cm³/mol. The number of hydrazone groups is 1. The van der Waals surface area contributed by atoms with Crippen LogP contribution in [-0.2, 0) is 7.05 Å². The van der Waals surface area contributed by atoms with E-state index in [2.05, 4.69) is 10.2 Å². The summed E-state index contributed by atoms with van der Waals surface area (Å²) in [5.74, 6) is -1.17. The predicted octanol–water partition coefficient (Wildman–Crippen LogP) is 1.85. The van der Waals surface area contributed by atoms with E-state index >= 15 is 0 Å². The van der Waals surface area contributed by atoms with Gasteiger partial charge in [-0.05, 0) is 13.8 Å². The first-order chi connectivity index (χ1) is 9.49. The fourth-order valence-electron chi connectivity index (χ4n) is 2.12. The maximum atomic E-state index is 13.1. The molecule has 1 aliphatic rings. The Hall–Kier alpha value is -1.61. The fraction of sp³-hybridized carbons (Fsp3) is 0.545. The van der Waals surface area contributed by atoms with Crippen LogP contribution < -0.4 is 0 Å². The van der Waals surface area contributed by atoms with Gasteiger partial charge in [-0.1, -0.05) is 11.6 Å². The summed E-state index contributed by atoms with van der Waals surface area (Å²) >= 11 is 5.89. The monoisotopic (exact) mass is 324 g/mol. The van der Waals surface area contributed by atoms with E-state index in [0.29, 0.717) is 0 Å². The van der Waals surface area contributed by atoms with Gasteiger partial charge >= 0.3 is 6.18 Å². The van der Waals surface area contributed by atoms with Crippen LogP contribution in [0, 0.1) is 6.92 Å². The molecule has 21 heavy (non-hydrogen) atoms. The van der Waals surface area contributed by atoms with E-state index in [-0.39, 0.29) is 27.1 Å². The van der Waals surface area contributed by atoms with Crippen molar-refractivity contribution in [2.45, 2.75) is 32.2 Å². The van der Waals surface area contributed by atoms with Crippen molar-refractivity contribution in [2.75, 3.05) is 0 Å². The molecule has 1 aromatic rings. The summed E-state index contributed by atoms with van der Waals surface area (Å²) in [5.41, 5.74) is -3.37. The minimum Gasteiger partial charge on any atom is -0.362 e. The number of aromatic nitrogens is 2. The zero-order chi connectivity index (χ0) is 16.2. The lowest BCUT2D eigenvalue weighted by molar-refractivity contribution is -0.297. The summed E-state index contributed by atoms with van der Waals surface area (Å²) in [6.07, 6.45) is -5.86. The van der Waals surface area contributed by atoms with E-state index < -0.39 is 24.2 Å². The molecule has 0 saturated carbocycles. The van der Waals surface area contributed by atoms with Crippen molar-refractivity contribution < 1.29 is 23.1 Å². The van der Waals surface area contributed by atoms with Crippen LogP contribution in [0.5, 0.6) is 0 Å². The minimum absolute atomic E-state index is 0.0156. The number of carbonyl (C=O) groups is 1. The highest BCUT2D eigenvalue weighted by Crippen LogP contribution is 2.41. The lowest BCUT2D eigenvalue weighted by Gasteiger charge is -2.32. The number of carbonyl (C=O) groups excluding carboxylic acids is 1. The van der Waals surface area contributed by atoms with Crippen LogP contribution in [0.3, 0.4) is 0 Å². The quantitative estimate of drug-likeness (QED) is 0.857. The third-order valence-corrected chi connectivity index (χ3v) is 3.57. The highest BCUT2D eigenvalue weighted by molar-refractivity contribution is 6.34. The van der Waals surface area contributed by atoms with Gasteiger partial charge in [0.2, 0.25) is 0 Å². The topological polar surface area (TPSA) is 70.7 Å². The molecule has 10 heteroatoms. The Morgan fingerprint density at radius 2 is 2.00 bits per heavy atom. The van der Waals surface area contributed by atoms with Gasteiger partial charge in [-0.2, -0.15) is 28.4 Å². The zero-order valence-electron chi connectivity index (χ0n) is 11.4. The van der Waals surface area contributed by atoms with Gasteiger partial charge in [0.05, 0.1) is 10.7 Å². The summed E-state index contributed by atoms with van der Waals surface area (Å²) in [5, 5.41) is 17.2. The number of hydrogen-bond acceptors (Lipinski definition) is 4. The number of aryl methyl sites for hydroxylation is 2. The van der Waals surface area contributed by atoms with Gasteiger partial charge in [0.25, 0.3) is 11.6 Å². The standard InChI is InChI=1S/C11H12ClF3N4O2/c1-5-4-10(21,11(13,14)15)19(16-5)9(20)8-7(12)6(2)17-18(8)3/h21H,4H2,1-3H3. The molecule has 116 valence electrons. The number of rotatable bonds is 1. The van der Waals surface area contributed by atoms with Crippen molar-refractivity contribution in [3.63, 3.8) is 0 Å². The summed E-state index contributed by atoms with van der Waals surface area (Å²) < 4.78 is 40.3. The highest BCUT2D eigenvalue weighted by atomic mass is 35.5. The lowest BCUT2D eigenvalue weighted by atomic mass is 10.1. The van der Waals surface area contributed by atoms with E-state index in [1.807, 2.05) is 0 Å². The fourth-order valence-corrected chi connectivity index (χ4v) is 2.36. The maximum absolute atomic E-state index is 13.1. The lowest BCUT2D eigenvalue weighted by Crippen LogP contribution is -2.56. The van der Waals surface area contributed by atoms with Crippen molar-refractivity contribution >= 4 is 23.2 Å². The third kappa shape index (κ3) is 2.30. The van der Waals surface area contributed by atoms with Crippen molar-refractivity contribution in [3.05, 3.63) is 16.4 Å². The van der Waals surface area contributed by atoms with Crippen LogP contribution in [0.25, 0.3) is 0 Å². The molecule has 2 rings (SSSR count). The molecule has 6 nitrogen and oxygen atoms in total. The molecule has 0 aromatic carbocycles. The molecule has 1 aromatic heterocycles. The van der Waals surface area contributed by atoms with Gasteiger partial charge in [-0.3, -0.25) is 9.48 Å². The van der Waals surface area contributed by atoms with Crippen LogP contribution in [0.15, 0.2) is 5.10 Å². The Balaban J connectivity index is 2.51. The van der Waals surface area contributed by atoms with Crippen molar-refractivity contribution in [1.29, 1.82) is 0 Å². The molecule has 1 amide bonds. The number of hydrogen-bond donors (Lipinski definition) is 1. The zero-order valence-corrected chi connectivity index (χ0v) is 12.1. The van der Waals surface area contributed by atoms with Gasteiger partial charge < -0.3 is 5.11 Å². The Kier molecular flexibility index (Phi) is 3.53. The Morgan fingerprint density at radius 1 is 1.43 bits per heavy atom. The SMILES string of the molecule is CC1=NN(C(=O)c2c(Cl)c(C)nn2C)C(O)(C(F)(F)F)C1. The molecular weight excluding hydrogens is 313 g/mol. The van der Waals surface area contributed by atoms with E-state index in [0.717, 1.165) is 4.68 Å². The number of amides is 1. The van der Waals surface area contributed by atoms with Crippen molar-refractivity contribution in [1.82, 2.24) is 14.8 Å². The first kappa shape index (κ1) is 15.8. The Morgan fingerprint density at radius 3 is 2.43 bits per heavy atom. The van der Waals surface area contributed by atoms with Crippen LogP contribution >= 0.6 is 11.6 Å². The van der Waals surface area contributed by atoms with Gasteiger partial charge in [0.1, 0.15) is 5.69 Å². The molecule has 1 N–H and O–H groups in total. The molecule has 0 spiro atoms. The second-order valence-electron chi connectivity index (χ2n) is 4.81. The molecule has 0 radical (unpaired) electrons. The molecule has 2 heterocycles. The van der Waals surface area contributed by atoms with Crippen molar-refractivity contribution in [2.24, 2.45) is 12.1 Å². The van der Waals surface area contributed by atoms with Gasteiger partial charge in [-0.25, -0.2) is 0 Å². The molecule has 1 unspecified atom stereocenters. The molecule has 0 bridgehead atoms. The number of nitrogens with zero attached hydrogens (tertiary/aromatic N) is 4. The molecule has 0 fully saturated rings. The van der Waals surface area contributed by atoms with Crippen LogP contribution in [0.4, 0.5) is 13.2 Å². The second kappa shape index (κ2) is 4.70. The molecule has 0 saturated heterocycles. The van der Waals surface area contributed by atoms with Gasteiger partial charge in [0, 0.05) is 19.2 Å². The third-order valence-electron chi connectivity index (χ3n) is 3.12. The van der Waals surface area contributed by atoms with E-state index in [4.69, 9.17) is 11.6 Å². The summed E-state index contributed by atoms with van der Waals surface area (Å²) in [7, 11) is 1.37. The second-order valence-corrected chi connectivity index (χ2v) is 5.19. The maximum Gasteiger partial charge on any atom is 0.438 e.